The molecule has 24 heavy (non-hydrogen) atoms. The summed E-state index contributed by atoms with van der Waals surface area (Å²) in [5.41, 5.74) is 4.38. The monoisotopic (exact) mass is 324 g/mol. The van der Waals surface area contributed by atoms with Crippen LogP contribution in [0.4, 0.5) is 5.69 Å². The molecule has 1 heterocycles. The quantitative estimate of drug-likeness (QED) is 0.809. The van der Waals surface area contributed by atoms with Crippen molar-refractivity contribution in [1.29, 1.82) is 0 Å². The molecular formula is C20H24N2O2. The number of esters is 1. The van der Waals surface area contributed by atoms with Crippen LogP contribution in [0.2, 0.25) is 0 Å². The predicted molar refractivity (Wildman–Crippen MR) is 96.5 cm³/mol. The van der Waals surface area contributed by atoms with Gasteiger partial charge in [0.25, 0.3) is 0 Å². The number of hydrogen-bond donors (Lipinski definition) is 0. The smallest absolute Gasteiger partial charge is 0.337 e. The molecule has 0 radical (unpaired) electrons. The van der Waals surface area contributed by atoms with Gasteiger partial charge in [-0.15, -0.1) is 0 Å². The number of ether oxygens (including phenoxy) is 1. The zero-order chi connectivity index (χ0) is 16.9. The summed E-state index contributed by atoms with van der Waals surface area (Å²) in [5.74, 6) is -0.277. The molecule has 126 valence electrons. The minimum absolute atomic E-state index is 0.277. The molecule has 2 aromatic rings. The summed E-state index contributed by atoms with van der Waals surface area (Å²) in [5, 5.41) is 0. The summed E-state index contributed by atoms with van der Waals surface area (Å²) in [7, 11) is 1.42. The summed E-state index contributed by atoms with van der Waals surface area (Å²) < 4.78 is 4.79. The number of rotatable bonds is 4. The van der Waals surface area contributed by atoms with E-state index in [2.05, 4.69) is 47.1 Å². The second kappa shape index (κ2) is 7.49. The van der Waals surface area contributed by atoms with Crippen LogP contribution in [0, 0.1) is 6.92 Å². The van der Waals surface area contributed by atoms with Crippen LogP contribution in [0.5, 0.6) is 0 Å². The summed E-state index contributed by atoms with van der Waals surface area (Å²) in [6.07, 6.45) is 0. The molecule has 0 N–H and O–H groups in total. The number of methoxy groups -OCH3 is 1. The Labute approximate surface area is 143 Å². The van der Waals surface area contributed by atoms with Gasteiger partial charge in [-0.05, 0) is 42.3 Å². The van der Waals surface area contributed by atoms with Crippen LogP contribution < -0.4 is 4.90 Å². The fourth-order valence-corrected chi connectivity index (χ4v) is 3.16. The lowest BCUT2D eigenvalue weighted by Crippen LogP contribution is -2.46. The summed E-state index contributed by atoms with van der Waals surface area (Å²) in [6.45, 7) is 7.10. The van der Waals surface area contributed by atoms with E-state index in [-0.39, 0.29) is 5.97 Å². The highest BCUT2D eigenvalue weighted by Gasteiger charge is 2.17. The third kappa shape index (κ3) is 3.95. The molecule has 0 unspecified atom stereocenters. The van der Waals surface area contributed by atoms with Crippen molar-refractivity contribution < 1.29 is 9.53 Å². The van der Waals surface area contributed by atoms with Gasteiger partial charge in [-0.1, -0.05) is 24.3 Å². The van der Waals surface area contributed by atoms with Gasteiger partial charge in [0.1, 0.15) is 0 Å². The Bertz CT molecular complexity index is 706. The van der Waals surface area contributed by atoms with E-state index in [0.29, 0.717) is 5.56 Å². The molecule has 3 rings (SSSR count). The minimum atomic E-state index is -0.277. The number of anilines is 1. The molecule has 2 aromatic carbocycles. The van der Waals surface area contributed by atoms with E-state index >= 15 is 0 Å². The number of carbonyl (C=O) groups excluding carboxylic acids is 1. The van der Waals surface area contributed by atoms with Gasteiger partial charge in [0.05, 0.1) is 12.7 Å². The van der Waals surface area contributed by atoms with Crippen LogP contribution >= 0.6 is 0 Å². The Balaban J connectivity index is 1.58. The van der Waals surface area contributed by atoms with E-state index in [1.807, 2.05) is 12.1 Å². The van der Waals surface area contributed by atoms with Crippen molar-refractivity contribution in [2.24, 2.45) is 0 Å². The molecule has 0 atom stereocenters. The average molecular weight is 324 g/mol. The molecule has 0 saturated carbocycles. The second-order valence-corrected chi connectivity index (χ2v) is 6.29. The van der Waals surface area contributed by atoms with Gasteiger partial charge >= 0.3 is 5.97 Å². The van der Waals surface area contributed by atoms with Crippen molar-refractivity contribution in [2.45, 2.75) is 13.5 Å². The Kier molecular flexibility index (Phi) is 5.16. The first-order chi connectivity index (χ1) is 11.7. The first kappa shape index (κ1) is 16.5. The lowest BCUT2D eigenvalue weighted by molar-refractivity contribution is 0.0600. The molecule has 0 spiro atoms. The van der Waals surface area contributed by atoms with Crippen molar-refractivity contribution in [2.75, 3.05) is 38.2 Å². The molecule has 1 saturated heterocycles. The first-order valence-electron chi connectivity index (χ1n) is 8.37. The normalized spacial score (nSPS) is 15.3. The first-order valence-corrected chi connectivity index (χ1v) is 8.37. The molecule has 0 aliphatic carbocycles. The van der Waals surface area contributed by atoms with E-state index < -0.39 is 0 Å². The Morgan fingerprint density at radius 2 is 1.79 bits per heavy atom. The maximum Gasteiger partial charge on any atom is 0.337 e. The zero-order valence-corrected chi connectivity index (χ0v) is 14.4. The Hall–Kier alpha value is -2.33. The topological polar surface area (TPSA) is 32.8 Å². The minimum Gasteiger partial charge on any atom is -0.465 e. The molecular weight excluding hydrogens is 300 g/mol. The maximum atomic E-state index is 11.6. The second-order valence-electron chi connectivity index (χ2n) is 6.29. The predicted octanol–water partition coefficient (Wildman–Crippen LogP) is 3.10. The molecule has 0 aromatic heterocycles. The van der Waals surface area contributed by atoms with E-state index in [0.717, 1.165) is 38.3 Å². The molecule has 0 amide bonds. The average Bonchev–Trinajstić information content (AvgIpc) is 2.62. The molecule has 0 bridgehead atoms. The van der Waals surface area contributed by atoms with Crippen LogP contribution in [-0.2, 0) is 11.3 Å². The van der Waals surface area contributed by atoms with Crippen molar-refractivity contribution in [3.05, 3.63) is 65.2 Å². The van der Waals surface area contributed by atoms with Gasteiger partial charge in [0, 0.05) is 38.4 Å². The highest BCUT2D eigenvalue weighted by atomic mass is 16.5. The molecule has 1 aliphatic rings. The van der Waals surface area contributed by atoms with E-state index in [9.17, 15) is 4.79 Å². The fraction of sp³-hybridized carbons (Fsp3) is 0.350. The largest absolute Gasteiger partial charge is 0.465 e. The molecule has 1 fully saturated rings. The van der Waals surface area contributed by atoms with Crippen LogP contribution in [-0.4, -0.2) is 44.2 Å². The number of carbonyl (C=O) groups is 1. The Morgan fingerprint density at radius 3 is 2.50 bits per heavy atom. The molecule has 4 heteroatoms. The molecule has 1 aliphatic heterocycles. The van der Waals surface area contributed by atoms with Crippen LogP contribution in [0.1, 0.15) is 21.5 Å². The number of nitrogens with zero attached hydrogens (tertiary/aromatic N) is 2. The van der Waals surface area contributed by atoms with Crippen LogP contribution in [0.25, 0.3) is 0 Å². The maximum absolute atomic E-state index is 11.6. The Morgan fingerprint density at radius 1 is 1.04 bits per heavy atom. The van der Waals surface area contributed by atoms with Crippen LogP contribution in [0.15, 0.2) is 48.5 Å². The third-order valence-corrected chi connectivity index (χ3v) is 4.49. The lowest BCUT2D eigenvalue weighted by Gasteiger charge is -2.36. The standard InChI is InChI=1S/C20H24N2O2/c1-16-5-3-8-19(13-16)22-11-9-21(10-12-22)15-17-6-4-7-18(14-17)20(23)24-2/h3-8,13-14H,9-12,15H2,1-2H3. The summed E-state index contributed by atoms with van der Waals surface area (Å²) in [4.78, 5) is 16.5. The van der Waals surface area contributed by atoms with Crippen molar-refractivity contribution in [3.8, 4) is 0 Å². The lowest BCUT2D eigenvalue weighted by atomic mass is 10.1. The van der Waals surface area contributed by atoms with Gasteiger partial charge < -0.3 is 9.64 Å². The summed E-state index contributed by atoms with van der Waals surface area (Å²) >= 11 is 0. The van der Waals surface area contributed by atoms with E-state index in [1.165, 1.54) is 18.4 Å². The van der Waals surface area contributed by atoms with Crippen molar-refractivity contribution in [3.63, 3.8) is 0 Å². The van der Waals surface area contributed by atoms with Gasteiger partial charge in [-0.3, -0.25) is 4.90 Å². The van der Waals surface area contributed by atoms with Gasteiger partial charge in [0.15, 0.2) is 0 Å². The zero-order valence-electron chi connectivity index (χ0n) is 14.4. The number of piperazine rings is 1. The number of hydrogen-bond acceptors (Lipinski definition) is 4. The van der Waals surface area contributed by atoms with Crippen molar-refractivity contribution in [1.82, 2.24) is 4.90 Å². The number of aryl methyl sites for hydroxylation is 1. The summed E-state index contributed by atoms with van der Waals surface area (Å²) in [6, 6.07) is 16.4. The highest BCUT2D eigenvalue weighted by molar-refractivity contribution is 5.89. The van der Waals surface area contributed by atoms with E-state index in [1.54, 1.807) is 6.07 Å². The highest BCUT2D eigenvalue weighted by Crippen LogP contribution is 2.19. The number of benzene rings is 2. The molecule has 4 nitrogen and oxygen atoms in total. The third-order valence-electron chi connectivity index (χ3n) is 4.49. The SMILES string of the molecule is COC(=O)c1cccc(CN2CCN(c3cccc(C)c3)CC2)c1. The van der Waals surface area contributed by atoms with Gasteiger partial charge in [-0.2, -0.15) is 0 Å². The fourth-order valence-electron chi connectivity index (χ4n) is 3.16. The van der Waals surface area contributed by atoms with Gasteiger partial charge in [-0.25, -0.2) is 4.79 Å². The van der Waals surface area contributed by atoms with Crippen molar-refractivity contribution >= 4 is 11.7 Å². The van der Waals surface area contributed by atoms with Crippen LogP contribution in [0.3, 0.4) is 0 Å². The van der Waals surface area contributed by atoms with Gasteiger partial charge in [0.2, 0.25) is 0 Å². The van der Waals surface area contributed by atoms with E-state index in [4.69, 9.17) is 4.74 Å².